The molecular formula is C13H21N3O. The Morgan fingerprint density at radius 3 is 2.59 bits per heavy atom. The number of anilines is 1. The molecule has 0 aromatic carbocycles. The maximum absolute atomic E-state index is 12.2. The number of hydrogen-bond donors (Lipinski definition) is 1. The second-order valence-corrected chi connectivity index (χ2v) is 4.58. The van der Waals surface area contributed by atoms with Gasteiger partial charge in [-0.2, -0.15) is 0 Å². The molecule has 0 aliphatic heterocycles. The van der Waals surface area contributed by atoms with Crippen molar-refractivity contribution in [3.05, 3.63) is 23.9 Å². The number of hydrogen-bond acceptors (Lipinski definition) is 3. The molecule has 1 amide bonds. The van der Waals surface area contributed by atoms with E-state index in [1.165, 1.54) is 0 Å². The molecule has 1 N–H and O–H groups in total. The van der Waals surface area contributed by atoms with Crippen LogP contribution in [-0.2, 0) is 0 Å². The summed E-state index contributed by atoms with van der Waals surface area (Å²) >= 11 is 0. The summed E-state index contributed by atoms with van der Waals surface area (Å²) in [4.78, 5) is 18.1. The lowest BCUT2D eigenvalue weighted by Gasteiger charge is -2.28. The van der Waals surface area contributed by atoms with E-state index < -0.39 is 0 Å². The summed E-state index contributed by atoms with van der Waals surface area (Å²) < 4.78 is 0. The molecule has 0 fully saturated rings. The van der Waals surface area contributed by atoms with Gasteiger partial charge in [-0.3, -0.25) is 4.79 Å². The Labute approximate surface area is 103 Å². The molecule has 1 aromatic heterocycles. The van der Waals surface area contributed by atoms with Gasteiger partial charge in [0.2, 0.25) is 0 Å². The first-order valence-corrected chi connectivity index (χ1v) is 5.88. The molecule has 1 heterocycles. The monoisotopic (exact) mass is 235 g/mol. The van der Waals surface area contributed by atoms with Crippen LogP contribution >= 0.6 is 0 Å². The van der Waals surface area contributed by atoms with Gasteiger partial charge in [-0.15, -0.1) is 0 Å². The lowest BCUT2D eigenvalue weighted by molar-refractivity contribution is 0.0707. The van der Waals surface area contributed by atoms with Gasteiger partial charge in [0, 0.05) is 31.9 Å². The summed E-state index contributed by atoms with van der Waals surface area (Å²) in [7, 11) is 3.63. The van der Waals surface area contributed by atoms with Crippen molar-refractivity contribution < 1.29 is 4.79 Å². The van der Waals surface area contributed by atoms with Crippen molar-refractivity contribution >= 4 is 11.7 Å². The molecule has 1 aromatic rings. The zero-order chi connectivity index (χ0) is 13.0. The fourth-order valence-electron chi connectivity index (χ4n) is 1.54. The summed E-state index contributed by atoms with van der Waals surface area (Å²) in [6, 6.07) is 3.73. The first-order chi connectivity index (χ1) is 7.97. The number of carbonyl (C=O) groups excluding carboxylic acids is 1. The summed E-state index contributed by atoms with van der Waals surface area (Å²) in [5.41, 5.74) is 0.666. The molecule has 0 radical (unpaired) electrons. The topological polar surface area (TPSA) is 45.2 Å². The van der Waals surface area contributed by atoms with Crippen LogP contribution in [0, 0.1) is 5.92 Å². The highest BCUT2D eigenvalue weighted by Gasteiger charge is 2.19. The van der Waals surface area contributed by atoms with Gasteiger partial charge < -0.3 is 10.2 Å². The van der Waals surface area contributed by atoms with E-state index in [0.717, 1.165) is 0 Å². The van der Waals surface area contributed by atoms with Gasteiger partial charge in [0.05, 0.1) is 0 Å². The van der Waals surface area contributed by atoms with Crippen LogP contribution in [0.4, 0.5) is 5.82 Å². The van der Waals surface area contributed by atoms with Crippen LogP contribution in [0.3, 0.4) is 0 Å². The van der Waals surface area contributed by atoms with Gasteiger partial charge in [-0.1, -0.05) is 13.8 Å². The lowest BCUT2D eigenvalue weighted by Crippen LogP contribution is -2.38. The largest absolute Gasteiger partial charge is 0.373 e. The van der Waals surface area contributed by atoms with Crippen LogP contribution in [-0.4, -0.2) is 35.9 Å². The van der Waals surface area contributed by atoms with Crippen LogP contribution in [0.1, 0.15) is 31.1 Å². The fourth-order valence-corrected chi connectivity index (χ4v) is 1.54. The van der Waals surface area contributed by atoms with Gasteiger partial charge >= 0.3 is 0 Å². The highest BCUT2D eigenvalue weighted by atomic mass is 16.2. The van der Waals surface area contributed by atoms with Gasteiger partial charge in [0.25, 0.3) is 5.91 Å². The van der Waals surface area contributed by atoms with Crippen molar-refractivity contribution in [2.75, 3.05) is 19.4 Å². The van der Waals surface area contributed by atoms with E-state index in [9.17, 15) is 4.79 Å². The predicted molar refractivity (Wildman–Crippen MR) is 70.2 cm³/mol. The van der Waals surface area contributed by atoms with Crippen molar-refractivity contribution in [3.63, 3.8) is 0 Å². The highest BCUT2D eigenvalue weighted by Crippen LogP contribution is 2.14. The smallest absolute Gasteiger partial charge is 0.254 e. The maximum atomic E-state index is 12.2. The molecule has 1 rings (SSSR count). The SMILES string of the molecule is CNc1cc(C(=O)N(C)C(C)C(C)C)ccn1. The predicted octanol–water partition coefficient (Wildman–Crippen LogP) is 2.24. The van der Waals surface area contributed by atoms with E-state index in [2.05, 4.69) is 31.1 Å². The van der Waals surface area contributed by atoms with Crippen molar-refractivity contribution in [1.29, 1.82) is 0 Å². The quantitative estimate of drug-likeness (QED) is 0.870. The van der Waals surface area contributed by atoms with Gasteiger partial charge in [-0.05, 0) is 25.0 Å². The number of nitrogens with one attached hydrogen (secondary N) is 1. The fraction of sp³-hybridized carbons (Fsp3) is 0.538. The first-order valence-electron chi connectivity index (χ1n) is 5.88. The van der Waals surface area contributed by atoms with E-state index in [1.807, 2.05) is 7.05 Å². The average molecular weight is 235 g/mol. The molecule has 0 bridgehead atoms. The minimum atomic E-state index is 0.0325. The standard InChI is InChI=1S/C13H21N3O/c1-9(2)10(3)16(5)13(17)11-6-7-15-12(8-11)14-4/h6-10H,1-5H3,(H,14,15). The summed E-state index contributed by atoms with van der Waals surface area (Å²) in [5, 5.41) is 2.93. The number of aromatic nitrogens is 1. The molecule has 17 heavy (non-hydrogen) atoms. The maximum Gasteiger partial charge on any atom is 0.254 e. The minimum Gasteiger partial charge on any atom is -0.373 e. The number of pyridine rings is 1. The van der Waals surface area contributed by atoms with E-state index in [-0.39, 0.29) is 11.9 Å². The zero-order valence-electron chi connectivity index (χ0n) is 11.2. The average Bonchev–Trinajstić information content (AvgIpc) is 2.36. The minimum absolute atomic E-state index is 0.0325. The Morgan fingerprint density at radius 1 is 1.41 bits per heavy atom. The lowest BCUT2D eigenvalue weighted by atomic mass is 10.0. The van der Waals surface area contributed by atoms with E-state index in [0.29, 0.717) is 17.3 Å². The number of carbonyl (C=O) groups is 1. The molecule has 0 saturated carbocycles. The number of rotatable bonds is 4. The molecule has 0 saturated heterocycles. The van der Waals surface area contributed by atoms with E-state index >= 15 is 0 Å². The molecule has 0 spiro atoms. The summed E-state index contributed by atoms with van der Waals surface area (Å²) in [6.07, 6.45) is 1.65. The third-order valence-electron chi connectivity index (χ3n) is 3.16. The molecular weight excluding hydrogens is 214 g/mol. The molecule has 1 unspecified atom stereocenters. The molecule has 0 aliphatic carbocycles. The Balaban J connectivity index is 2.88. The molecule has 4 nitrogen and oxygen atoms in total. The van der Waals surface area contributed by atoms with Gasteiger partial charge in [-0.25, -0.2) is 4.98 Å². The highest BCUT2D eigenvalue weighted by molar-refractivity contribution is 5.94. The van der Waals surface area contributed by atoms with Crippen LogP contribution < -0.4 is 5.32 Å². The summed E-state index contributed by atoms with van der Waals surface area (Å²) in [5.74, 6) is 1.18. The van der Waals surface area contributed by atoms with Crippen molar-refractivity contribution in [3.8, 4) is 0 Å². The van der Waals surface area contributed by atoms with E-state index in [4.69, 9.17) is 0 Å². The molecule has 94 valence electrons. The third kappa shape index (κ3) is 3.19. The van der Waals surface area contributed by atoms with E-state index in [1.54, 1.807) is 30.3 Å². The Bertz CT molecular complexity index is 390. The second kappa shape index (κ2) is 5.66. The van der Waals surface area contributed by atoms with Crippen LogP contribution in [0.25, 0.3) is 0 Å². The van der Waals surface area contributed by atoms with Gasteiger partial charge in [0.15, 0.2) is 0 Å². The Hall–Kier alpha value is -1.58. The van der Waals surface area contributed by atoms with Crippen molar-refractivity contribution in [2.45, 2.75) is 26.8 Å². The number of amides is 1. The zero-order valence-corrected chi connectivity index (χ0v) is 11.2. The van der Waals surface area contributed by atoms with Crippen LogP contribution in [0.15, 0.2) is 18.3 Å². The Morgan fingerprint density at radius 2 is 2.06 bits per heavy atom. The number of nitrogens with zero attached hydrogens (tertiary/aromatic N) is 2. The van der Waals surface area contributed by atoms with Crippen LogP contribution in [0.2, 0.25) is 0 Å². The molecule has 0 aliphatic rings. The molecule has 1 atom stereocenters. The first kappa shape index (κ1) is 13.5. The third-order valence-corrected chi connectivity index (χ3v) is 3.16. The van der Waals surface area contributed by atoms with Crippen molar-refractivity contribution in [1.82, 2.24) is 9.88 Å². The summed E-state index contributed by atoms with van der Waals surface area (Å²) in [6.45, 7) is 6.28. The van der Waals surface area contributed by atoms with Gasteiger partial charge in [0.1, 0.15) is 5.82 Å². The Kier molecular flexibility index (Phi) is 4.49. The normalized spacial score (nSPS) is 12.4. The second-order valence-electron chi connectivity index (χ2n) is 4.58. The molecule has 4 heteroatoms. The van der Waals surface area contributed by atoms with Crippen molar-refractivity contribution in [2.24, 2.45) is 5.92 Å². The van der Waals surface area contributed by atoms with Crippen LogP contribution in [0.5, 0.6) is 0 Å².